The molecule has 2 aliphatic rings. The third-order valence-corrected chi connectivity index (χ3v) is 8.57. The van der Waals surface area contributed by atoms with Crippen molar-refractivity contribution in [2.24, 2.45) is 0 Å². The molecule has 1 aromatic heterocycles. The summed E-state index contributed by atoms with van der Waals surface area (Å²) in [5.41, 5.74) is 3.84. The molecule has 0 spiro atoms. The second-order valence-electron chi connectivity index (χ2n) is 9.45. The molecule has 2 aliphatic heterocycles. The fraction of sp³-hybridized carbons (Fsp3) is 0.385. The lowest BCUT2D eigenvalue weighted by Crippen LogP contribution is -2.52. The van der Waals surface area contributed by atoms with Crippen LogP contribution in [0, 0.1) is 6.92 Å². The topological polar surface area (TPSA) is 87.5 Å². The zero-order chi connectivity index (χ0) is 24.4. The number of piperazine rings is 1. The number of aryl methyl sites for hydroxylation is 1. The molecule has 0 radical (unpaired) electrons. The summed E-state index contributed by atoms with van der Waals surface area (Å²) in [6.07, 6.45) is 0.718. The number of aromatic nitrogens is 2. The molecule has 3 heterocycles. The minimum atomic E-state index is -2.89. The molecular formula is C26H31N5O3S. The molecule has 2 saturated heterocycles. The van der Waals surface area contributed by atoms with Crippen LogP contribution in [0.25, 0.3) is 16.9 Å². The van der Waals surface area contributed by atoms with Gasteiger partial charge in [0.2, 0.25) is 5.91 Å². The summed E-state index contributed by atoms with van der Waals surface area (Å²) in [5.74, 6) is 1.10. The SMILES string of the molecule is Cc1ccc(-c2cc(NC(=O)CN3CCN([C@H]4CCS(=O)(=O)C4)CC3)n(-c3ccccc3)n2)cc1. The molecule has 0 bridgehead atoms. The summed E-state index contributed by atoms with van der Waals surface area (Å²) < 4.78 is 25.4. The fourth-order valence-electron chi connectivity index (χ4n) is 4.84. The van der Waals surface area contributed by atoms with E-state index in [1.165, 1.54) is 5.56 Å². The highest BCUT2D eigenvalue weighted by molar-refractivity contribution is 7.91. The van der Waals surface area contributed by atoms with Crippen molar-refractivity contribution < 1.29 is 13.2 Å². The highest BCUT2D eigenvalue weighted by atomic mass is 32.2. The van der Waals surface area contributed by atoms with Gasteiger partial charge in [-0.2, -0.15) is 5.10 Å². The van der Waals surface area contributed by atoms with Gasteiger partial charge < -0.3 is 5.32 Å². The highest BCUT2D eigenvalue weighted by Crippen LogP contribution is 2.25. The van der Waals surface area contributed by atoms with Gasteiger partial charge in [0.05, 0.1) is 29.4 Å². The second kappa shape index (κ2) is 9.93. The summed E-state index contributed by atoms with van der Waals surface area (Å²) in [4.78, 5) is 17.4. The maximum Gasteiger partial charge on any atom is 0.239 e. The van der Waals surface area contributed by atoms with Crippen molar-refractivity contribution in [2.75, 3.05) is 49.5 Å². The Morgan fingerprint density at radius 3 is 2.40 bits per heavy atom. The van der Waals surface area contributed by atoms with Gasteiger partial charge >= 0.3 is 0 Å². The van der Waals surface area contributed by atoms with Gasteiger partial charge in [-0.3, -0.25) is 14.6 Å². The van der Waals surface area contributed by atoms with E-state index >= 15 is 0 Å². The number of carbonyl (C=O) groups excluding carboxylic acids is 1. The number of anilines is 1. The fourth-order valence-corrected chi connectivity index (χ4v) is 6.60. The summed E-state index contributed by atoms with van der Waals surface area (Å²) in [7, 11) is -2.89. The van der Waals surface area contributed by atoms with E-state index in [9.17, 15) is 13.2 Å². The first kappa shape index (κ1) is 23.7. The molecule has 9 heteroatoms. The number of sulfone groups is 1. The van der Waals surface area contributed by atoms with Gasteiger partial charge in [-0.25, -0.2) is 13.1 Å². The van der Waals surface area contributed by atoms with Crippen molar-refractivity contribution in [3.63, 3.8) is 0 Å². The third-order valence-electron chi connectivity index (χ3n) is 6.82. The Morgan fingerprint density at radius 1 is 1.03 bits per heavy atom. The van der Waals surface area contributed by atoms with Crippen LogP contribution in [0.15, 0.2) is 60.7 Å². The van der Waals surface area contributed by atoms with Gasteiger partial charge in [0, 0.05) is 43.9 Å². The van der Waals surface area contributed by atoms with Gasteiger partial charge in [-0.1, -0.05) is 48.0 Å². The zero-order valence-electron chi connectivity index (χ0n) is 19.9. The number of rotatable bonds is 6. The Hall–Kier alpha value is -3.01. The third kappa shape index (κ3) is 5.63. The molecule has 2 aromatic carbocycles. The number of nitrogens with one attached hydrogen (secondary N) is 1. The Balaban J connectivity index is 1.25. The molecule has 0 saturated carbocycles. The normalized spacial score (nSPS) is 20.7. The van der Waals surface area contributed by atoms with Gasteiger partial charge in [-0.05, 0) is 25.5 Å². The Kier molecular flexibility index (Phi) is 6.73. The van der Waals surface area contributed by atoms with Gasteiger partial charge in [0.25, 0.3) is 0 Å². The van der Waals surface area contributed by atoms with Crippen molar-refractivity contribution in [2.45, 2.75) is 19.4 Å². The van der Waals surface area contributed by atoms with E-state index in [0.717, 1.165) is 49.5 Å². The number of amides is 1. The second-order valence-corrected chi connectivity index (χ2v) is 11.7. The van der Waals surface area contributed by atoms with Gasteiger partial charge in [0.15, 0.2) is 9.84 Å². The number of para-hydroxylation sites is 1. The predicted molar refractivity (Wildman–Crippen MR) is 137 cm³/mol. The van der Waals surface area contributed by atoms with E-state index in [1.54, 1.807) is 4.68 Å². The molecule has 184 valence electrons. The molecular weight excluding hydrogens is 462 g/mol. The lowest BCUT2D eigenvalue weighted by Gasteiger charge is -2.37. The molecule has 8 nitrogen and oxygen atoms in total. The van der Waals surface area contributed by atoms with Crippen molar-refractivity contribution in [3.05, 3.63) is 66.2 Å². The average Bonchev–Trinajstić information content (AvgIpc) is 3.43. The summed E-state index contributed by atoms with van der Waals surface area (Å²) >= 11 is 0. The van der Waals surface area contributed by atoms with E-state index in [4.69, 9.17) is 5.10 Å². The minimum Gasteiger partial charge on any atom is -0.309 e. The largest absolute Gasteiger partial charge is 0.309 e. The molecule has 1 amide bonds. The molecule has 0 aliphatic carbocycles. The average molecular weight is 494 g/mol. The summed E-state index contributed by atoms with van der Waals surface area (Å²) in [5, 5.41) is 7.84. The van der Waals surface area contributed by atoms with Crippen LogP contribution in [0.3, 0.4) is 0 Å². The molecule has 2 fully saturated rings. The first-order valence-electron chi connectivity index (χ1n) is 12.1. The van der Waals surface area contributed by atoms with Crippen LogP contribution in [0.1, 0.15) is 12.0 Å². The van der Waals surface area contributed by atoms with Crippen molar-refractivity contribution in [1.82, 2.24) is 19.6 Å². The van der Waals surface area contributed by atoms with Crippen LogP contribution in [-0.4, -0.2) is 84.2 Å². The Labute approximate surface area is 206 Å². The maximum absolute atomic E-state index is 13.0. The van der Waals surface area contributed by atoms with E-state index in [-0.39, 0.29) is 24.2 Å². The van der Waals surface area contributed by atoms with Crippen molar-refractivity contribution in [1.29, 1.82) is 0 Å². The van der Waals surface area contributed by atoms with Crippen LogP contribution >= 0.6 is 0 Å². The van der Waals surface area contributed by atoms with Gasteiger partial charge in [0.1, 0.15) is 5.82 Å². The number of benzene rings is 2. The molecule has 5 rings (SSSR count). The summed E-state index contributed by atoms with van der Waals surface area (Å²) in [6.45, 7) is 5.40. The molecule has 1 atom stereocenters. The standard InChI is InChI=1S/C26H31N5O3S/c1-20-7-9-21(10-8-20)24-17-25(31(28-24)22-5-3-2-4-6-22)27-26(32)18-29-12-14-30(15-13-29)23-11-16-35(33,34)19-23/h2-10,17,23H,11-16,18-19H2,1H3,(H,27,32)/t23-/m0/s1. The minimum absolute atomic E-state index is 0.0885. The number of hydrogen-bond donors (Lipinski definition) is 1. The number of hydrogen-bond acceptors (Lipinski definition) is 6. The Bertz CT molecular complexity index is 1280. The van der Waals surface area contributed by atoms with Crippen LogP contribution in [-0.2, 0) is 14.6 Å². The van der Waals surface area contributed by atoms with E-state index < -0.39 is 9.84 Å². The molecule has 3 aromatic rings. The maximum atomic E-state index is 13.0. The Morgan fingerprint density at radius 2 is 1.74 bits per heavy atom. The van der Waals surface area contributed by atoms with Crippen molar-refractivity contribution in [3.8, 4) is 16.9 Å². The lowest BCUT2D eigenvalue weighted by molar-refractivity contribution is -0.117. The summed E-state index contributed by atoms with van der Waals surface area (Å²) in [6, 6.07) is 20.0. The zero-order valence-corrected chi connectivity index (χ0v) is 20.7. The van der Waals surface area contributed by atoms with Crippen LogP contribution < -0.4 is 5.32 Å². The van der Waals surface area contributed by atoms with Crippen LogP contribution in [0.5, 0.6) is 0 Å². The highest BCUT2D eigenvalue weighted by Gasteiger charge is 2.33. The van der Waals surface area contributed by atoms with E-state index in [2.05, 4.69) is 27.2 Å². The van der Waals surface area contributed by atoms with Crippen molar-refractivity contribution >= 4 is 21.6 Å². The first-order chi connectivity index (χ1) is 16.9. The molecule has 0 unspecified atom stereocenters. The number of nitrogens with zero attached hydrogens (tertiary/aromatic N) is 4. The molecule has 35 heavy (non-hydrogen) atoms. The lowest BCUT2D eigenvalue weighted by atomic mass is 10.1. The molecule has 1 N–H and O–H groups in total. The van der Waals surface area contributed by atoms with Crippen LogP contribution in [0.4, 0.5) is 5.82 Å². The first-order valence-corrected chi connectivity index (χ1v) is 13.9. The van der Waals surface area contributed by atoms with Gasteiger partial charge in [-0.15, -0.1) is 0 Å². The van der Waals surface area contributed by atoms with Crippen LogP contribution in [0.2, 0.25) is 0 Å². The smallest absolute Gasteiger partial charge is 0.239 e. The number of carbonyl (C=O) groups is 1. The van der Waals surface area contributed by atoms with E-state index in [0.29, 0.717) is 11.6 Å². The quantitative estimate of drug-likeness (QED) is 0.568. The predicted octanol–water partition coefficient (Wildman–Crippen LogP) is 2.59. The monoisotopic (exact) mass is 493 g/mol. The van der Waals surface area contributed by atoms with E-state index in [1.807, 2.05) is 55.5 Å².